The lowest BCUT2D eigenvalue weighted by Crippen LogP contribution is -2.36. The second-order valence-corrected chi connectivity index (χ2v) is 7.79. The van der Waals surface area contributed by atoms with Crippen molar-refractivity contribution < 1.29 is 19.1 Å². The van der Waals surface area contributed by atoms with Gasteiger partial charge in [0, 0.05) is 22.3 Å². The van der Waals surface area contributed by atoms with E-state index in [9.17, 15) is 9.18 Å². The first-order valence-corrected chi connectivity index (χ1v) is 9.21. The Labute approximate surface area is 166 Å². The van der Waals surface area contributed by atoms with Crippen LogP contribution in [0.5, 0.6) is 0 Å². The lowest BCUT2D eigenvalue weighted by molar-refractivity contribution is -0.0805. The maximum atomic E-state index is 13.7. The lowest BCUT2D eigenvalue weighted by atomic mass is 10.1. The zero-order chi connectivity index (χ0) is 19.3. The SMILES string of the molecule is Cc1cc(I)ccc1Nc1cc(F)ccc1C(=O)NOC(C)(C)CCO. The van der Waals surface area contributed by atoms with Gasteiger partial charge < -0.3 is 10.4 Å². The van der Waals surface area contributed by atoms with Crippen molar-refractivity contribution in [3.05, 3.63) is 56.9 Å². The molecule has 0 radical (unpaired) electrons. The molecule has 26 heavy (non-hydrogen) atoms. The van der Waals surface area contributed by atoms with Gasteiger partial charge in [0.2, 0.25) is 0 Å². The van der Waals surface area contributed by atoms with Crippen LogP contribution < -0.4 is 10.8 Å². The Morgan fingerprint density at radius 1 is 1.23 bits per heavy atom. The Kier molecular flexibility index (Phi) is 6.96. The number of hydrogen-bond acceptors (Lipinski definition) is 4. The Bertz CT molecular complexity index is 796. The fourth-order valence-corrected chi connectivity index (χ4v) is 2.94. The number of rotatable bonds is 7. The molecule has 5 nitrogen and oxygen atoms in total. The van der Waals surface area contributed by atoms with Gasteiger partial charge in [0.15, 0.2) is 0 Å². The number of halogens is 2. The highest BCUT2D eigenvalue weighted by molar-refractivity contribution is 14.1. The second-order valence-electron chi connectivity index (χ2n) is 6.54. The molecule has 0 spiro atoms. The van der Waals surface area contributed by atoms with E-state index in [2.05, 4.69) is 33.4 Å². The summed E-state index contributed by atoms with van der Waals surface area (Å²) in [7, 11) is 0. The molecule has 2 aromatic carbocycles. The zero-order valence-corrected chi connectivity index (χ0v) is 17.1. The van der Waals surface area contributed by atoms with E-state index in [1.165, 1.54) is 18.2 Å². The summed E-state index contributed by atoms with van der Waals surface area (Å²) in [6.45, 7) is 5.38. The first-order valence-electron chi connectivity index (χ1n) is 8.14. The van der Waals surface area contributed by atoms with E-state index in [1.54, 1.807) is 13.8 Å². The number of benzene rings is 2. The average Bonchev–Trinajstić information content (AvgIpc) is 2.55. The number of amides is 1. The minimum atomic E-state index is -0.718. The van der Waals surface area contributed by atoms with Gasteiger partial charge in [-0.3, -0.25) is 9.63 Å². The van der Waals surface area contributed by atoms with Gasteiger partial charge in [-0.05, 0) is 85.3 Å². The summed E-state index contributed by atoms with van der Waals surface area (Å²) in [6, 6.07) is 9.69. The van der Waals surface area contributed by atoms with Crippen LogP contribution in [-0.4, -0.2) is 23.2 Å². The van der Waals surface area contributed by atoms with Gasteiger partial charge in [-0.25, -0.2) is 9.87 Å². The van der Waals surface area contributed by atoms with Crippen molar-refractivity contribution in [2.75, 3.05) is 11.9 Å². The third kappa shape index (κ3) is 5.65. The summed E-state index contributed by atoms with van der Waals surface area (Å²) >= 11 is 2.21. The molecule has 2 aromatic rings. The maximum Gasteiger partial charge on any atom is 0.276 e. The van der Waals surface area contributed by atoms with Gasteiger partial charge in [-0.15, -0.1) is 0 Å². The van der Waals surface area contributed by atoms with E-state index in [0.29, 0.717) is 12.1 Å². The Balaban J connectivity index is 2.22. The highest BCUT2D eigenvalue weighted by Gasteiger charge is 2.21. The van der Waals surface area contributed by atoms with E-state index in [4.69, 9.17) is 9.94 Å². The fraction of sp³-hybridized carbons (Fsp3) is 0.316. The van der Waals surface area contributed by atoms with Crippen molar-refractivity contribution >= 4 is 39.9 Å². The van der Waals surface area contributed by atoms with Crippen molar-refractivity contribution in [1.82, 2.24) is 5.48 Å². The van der Waals surface area contributed by atoms with Crippen LogP contribution in [0.2, 0.25) is 0 Å². The van der Waals surface area contributed by atoms with Crippen molar-refractivity contribution in [3.8, 4) is 0 Å². The van der Waals surface area contributed by atoms with Crippen LogP contribution in [0.15, 0.2) is 36.4 Å². The summed E-state index contributed by atoms with van der Waals surface area (Å²) in [5, 5.41) is 12.1. The number of carbonyl (C=O) groups is 1. The molecule has 0 aromatic heterocycles. The highest BCUT2D eigenvalue weighted by Crippen LogP contribution is 2.26. The van der Waals surface area contributed by atoms with Gasteiger partial charge in [-0.2, -0.15) is 0 Å². The molecule has 0 bridgehead atoms. The minimum Gasteiger partial charge on any atom is -0.396 e. The van der Waals surface area contributed by atoms with Crippen LogP contribution in [0.4, 0.5) is 15.8 Å². The maximum absolute atomic E-state index is 13.7. The molecule has 0 aliphatic carbocycles. The number of hydrogen-bond donors (Lipinski definition) is 3. The molecular formula is C19H22FIN2O3. The molecule has 3 N–H and O–H groups in total. The molecule has 0 atom stereocenters. The number of nitrogens with one attached hydrogen (secondary N) is 2. The number of hydroxylamine groups is 1. The fourth-order valence-electron chi connectivity index (χ4n) is 2.29. The lowest BCUT2D eigenvalue weighted by Gasteiger charge is -2.24. The summed E-state index contributed by atoms with van der Waals surface area (Å²) < 4.78 is 14.8. The first-order chi connectivity index (χ1) is 12.2. The summed E-state index contributed by atoms with van der Waals surface area (Å²) in [5.41, 5.74) is 4.02. The largest absolute Gasteiger partial charge is 0.396 e. The molecule has 2 rings (SSSR count). The minimum absolute atomic E-state index is 0.0572. The molecule has 0 heterocycles. The van der Waals surface area contributed by atoms with Gasteiger partial charge in [0.1, 0.15) is 5.82 Å². The number of carbonyl (C=O) groups excluding carboxylic acids is 1. The molecule has 0 unspecified atom stereocenters. The van der Waals surface area contributed by atoms with Gasteiger partial charge in [-0.1, -0.05) is 0 Å². The van der Waals surface area contributed by atoms with Gasteiger partial charge in [0.25, 0.3) is 5.91 Å². The predicted octanol–water partition coefficient (Wildman–Crippen LogP) is 4.30. The van der Waals surface area contributed by atoms with E-state index in [0.717, 1.165) is 14.8 Å². The van der Waals surface area contributed by atoms with Crippen LogP contribution in [-0.2, 0) is 4.84 Å². The molecule has 0 fully saturated rings. The first kappa shape index (κ1) is 20.6. The number of aliphatic hydroxyl groups is 1. The van der Waals surface area contributed by atoms with Crippen LogP contribution >= 0.6 is 22.6 Å². The third-order valence-electron chi connectivity index (χ3n) is 3.82. The molecule has 0 aliphatic rings. The van der Waals surface area contributed by atoms with Crippen molar-refractivity contribution in [2.45, 2.75) is 32.8 Å². The Hall–Kier alpha value is -1.71. The van der Waals surface area contributed by atoms with Crippen LogP contribution in [0, 0.1) is 16.3 Å². The monoisotopic (exact) mass is 472 g/mol. The van der Waals surface area contributed by atoms with E-state index < -0.39 is 17.3 Å². The van der Waals surface area contributed by atoms with Crippen molar-refractivity contribution in [2.24, 2.45) is 0 Å². The van der Waals surface area contributed by atoms with Gasteiger partial charge >= 0.3 is 0 Å². The molecule has 0 aliphatic heterocycles. The number of aryl methyl sites for hydroxylation is 1. The topological polar surface area (TPSA) is 70.6 Å². The predicted molar refractivity (Wildman–Crippen MR) is 108 cm³/mol. The quantitative estimate of drug-likeness (QED) is 0.415. The third-order valence-corrected chi connectivity index (χ3v) is 4.49. The summed E-state index contributed by atoms with van der Waals surface area (Å²) in [5.74, 6) is -0.949. The molecule has 7 heteroatoms. The van der Waals surface area contributed by atoms with Crippen LogP contribution in [0.25, 0.3) is 0 Å². The highest BCUT2D eigenvalue weighted by atomic mass is 127. The standard InChI is InChI=1S/C19H22FIN2O3/c1-12-10-14(21)5-7-16(12)22-17-11-13(20)4-6-15(17)18(25)23-26-19(2,3)8-9-24/h4-7,10-11,22,24H,8-9H2,1-3H3,(H,23,25). The second kappa shape index (κ2) is 8.79. The number of aliphatic hydroxyl groups excluding tert-OH is 1. The molecule has 1 amide bonds. The summed E-state index contributed by atoms with van der Waals surface area (Å²) in [6.07, 6.45) is 0.365. The molecule has 0 saturated carbocycles. The molecule has 0 saturated heterocycles. The Morgan fingerprint density at radius 2 is 1.96 bits per heavy atom. The molecule has 140 valence electrons. The van der Waals surface area contributed by atoms with Crippen LogP contribution in [0.3, 0.4) is 0 Å². The summed E-state index contributed by atoms with van der Waals surface area (Å²) in [4.78, 5) is 17.9. The van der Waals surface area contributed by atoms with E-state index >= 15 is 0 Å². The average molecular weight is 472 g/mol. The zero-order valence-electron chi connectivity index (χ0n) is 14.9. The van der Waals surface area contributed by atoms with E-state index in [1.807, 2.05) is 25.1 Å². The Morgan fingerprint density at radius 3 is 2.62 bits per heavy atom. The van der Waals surface area contributed by atoms with Crippen molar-refractivity contribution in [1.29, 1.82) is 0 Å². The van der Waals surface area contributed by atoms with Crippen molar-refractivity contribution in [3.63, 3.8) is 0 Å². The number of anilines is 2. The van der Waals surface area contributed by atoms with Gasteiger partial charge in [0.05, 0.1) is 16.9 Å². The molecular weight excluding hydrogens is 450 g/mol. The smallest absolute Gasteiger partial charge is 0.276 e. The normalized spacial score (nSPS) is 11.3. The van der Waals surface area contributed by atoms with Crippen LogP contribution in [0.1, 0.15) is 36.2 Å². The van der Waals surface area contributed by atoms with E-state index in [-0.39, 0.29) is 12.2 Å².